The summed E-state index contributed by atoms with van der Waals surface area (Å²) in [5.41, 5.74) is 4.81. The average molecular weight is 492 g/mol. The summed E-state index contributed by atoms with van der Waals surface area (Å²) in [6.45, 7) is 6.19. The topological polar surface area (TPSA) is 88.2 Å². The van der Waals surface area contributed by atoms with Crippen LogP contribution in [0, 0.1) is 6.92 Å². The van der Waals surface area contributed by atoms with E-state index in [0.29, 0.717) is 22.3 Å². The number of anilines is 2. The summed E-state index contributed by atoms with van der Waals surface area (Å²) in [6, 6.07) is 21.1. The molecule has 0 aliphatic carbocycles. The Morgan fingerprint density at radius 1 is 0.912 bits per heavy atom. The first-order valence-corrected chi connectivity index (χ1v) is 13.1. The van der Waals surface area contributed by atoms with Crippen LogP contribution in [-0.4, -0.2) is 19.3 Å². The number of aromatic nitrogens is 1. The van der Waals surface area contributed by atoms with Gasteiger partial charge in [0.2, 0.25) is 0 Å². The van der Waals surface area contributed by atoms with E-state index in [-0.39, 0.29) is 10.8 Å². The molecule has 1 heterocycles. The van der Waals surface area contributed by atoms with Crippen LogP contribution < -0.4 is 10.0 Å². The van der Waals surface area contributed by atoms with Gasteiger partial charge in [0, 0.05) is 22.2 Å². The zero-order valence-corrected chi connectivity index (χ0v) is 20.7. The van der Waals surface area contributed by atoms with E-state index in [1.54, 1.807) is 48.5 Å². The summed E-state index contributed by atoms with van der Waals surface area (Å²) in [5, 5.41) is 5.21. The van der Waals surface area contributed by atoms with E-state index in [0.717, 1.165) is 16.8 Å². The van der Waals surface area contributed by atoms with Gasteiger partial charge in [0.15, 0.2) is 5.13 Å². The molecule has 2 N–H and O–H groups in total. The number of carbonyl (C=O) groups excluding carboxylic acids is 1. The number of sulfonamides is 1. The lowest BCUT2D eigenvalue weighted by Gasteiger charge is -2.09. The van der Waals surface area contributed by atoms with Gasteiger partial charge >= 0.3 is 0 Å². The Balaban J connectivity index is 1.41. The Morgan fingerprint density at radius 3 is 2.18 bits per heavy atom. The summed E-state index contributed by atoms with van der Waals surface area (Å²) in [5.74, 6) is 0.146. The van der Waals surface area contributed by atoms with Crippen LogP contribution in [0.5, 0.6) is 0 Å². The van der Waals surface area contributed by atoms with Crippen molar-refractivity contribution in [2.75, 3.05) is 10.0 Å². The molecule has 0 bridgehead atoms. The maximum Gasteiger partial charge on any atom is 0.261 e. The van der Waals surface area contributed by atoms with E-state index in [2.05, 4.69) is 41.0 Å². The first-order chi connectivity index (χ1) is 16.2. The second-order valence-corrected chi connectivity index (χ2v) is 10.8. The van der Waals surface area contributed by atoms with Crippen LogP contribution in [-0.2, 0) is 10.0 Å². The number of carbonyl (C=O) groups is 1. The Labute approximate surface area is 203 Å². The van der Waals surface area contributed by atoms with Gasteiger partial charge in [-0.25, -0.2) is 13.4 Å². The monoisotopic (exact) mass is 491 g/mol. The Bertz CT molecular complexity index is 1390. The number of rotatable bonds is 7. The van der Waals surface area contributed by atoms with Crippen LogP contribution in [0.25, 0.3) is 11.3 Å². The van der Waals surface area contributed by atoms with E-state index in [4.69, 9.17) is 0 Å². The summed E-state index contributed by atoms with van der Waals surface area (Å²) in [4.78, 5) is 17.3. The van der Waals surface area contributed by atoms with Gasteiger partial charge in [-0.1, -0.05) is 55.8 Å². The van der Waals surface area contributed by atoms with Gasteiger partial charge in [-0.15, -0.1) is 11.3 Å². The van der Waals surface area contributed by atoms with E-state index >= 15 is 0 Å². The molecule has 3 aromatic carbocycles. The molecule has 0 saturated heterocycles. The average Bonchev–Trinajstić information content (AvgIpc) is 3.28. The van der Waals surface area contributed by atoms with Crippen LogP contribution in [0.2, 0.25) is 0 Å². The Morgan fingerprint density at radius 2 is 1.56 bits per heavy atom. The summed E-state index contributed by atoms with van der Waals surface area (Å²) >= 11 is 1.35. The lowest BCUT2D eigenvalue weighted by atomic mass is 10.0. The van der Waals surface area contributed by atoms with Crippen LogP contribution in [0.3, 0.4) is 0 Å². The number of hydrogen-bond acceptors (Lipinski definition) is 5. The van der Waals surface area contributed by atoms with Crippen molar-refractivity contribution in [3.05, 3.63) is 94.9 Å². The van der Waals surface area contributed by atoms with Gasteiger partial charge in [-0.3, -0.25) is 14.8 Å². The van der Waals surface area contributed by atoms with Crippen molar-refractivity contribution < 1.29 is 13.2 Å². The highest BCUT2D eigenvalue weighted by Gasteiger charge is 2.15. The smallest absolute Gasteiger partial charge is 0.261 e. The standard InChI is InChI=1S/C26H25N3O3S2/c1-17(2)19-6-8-20(9-7-19)24-16-33-26(27-24)28-25(30)21-10-12-22(13-11-21)29-34(31,32)23-14-4-18(3)5-15-23/h4-17,29H,1-3H3,(H,27,28,30). The predicted octanol–water partition coefficient (Wildman–Crippen LogP) is 6.30. The van der Waals surface area contributed by atoms with Crippen molar-refractivity contribution in [2.24, 2.45) is 0 Å². The van der Waals surface area contributed by atoms with Crippen molar-refractivity contribution in [1.29, 1.82) is 0 Å². The number of nitrogens with zero attached hydrogens (tertiary/aromatic N) is 1. The normalized spacial score (nSPS) is 11.4. The van der Waals surface area contributed by atoms with Crippen LogP contribution in [0.4, 0.5) is 10.8 Å². The molecule has 1 amide bonds. The van der Waals surface area contributed by atoms with Crippen LogP contribution >= 0.6 is 11.3 Å². The van der Waals surface area contributed by atoms with Gasteiger partial charge in [0.05, 0.1) is 10.6 Å². The first-order valence-electron chi connectivity index (χ1n) is 10.8. The van der Waals surface area contributed by atoms with Crippen molar-refractivity contribution >= 4 is 38.1 Å². The molecule has 1 aromatic heterocycles. The van der Waals surface area contributed by atoms with Crippen molar-refractivity contribution in [3.8, 4) is 11.3 Å². The molecule has 8 heteroatoms. The molecule has 0 aliphatic heterocycles. The Hall–Kier alpha value is -3.49. The number of amides is 1. The lowest BCUT2D eigenvalue weighted by Crippen LogP contribution is -2.14. The molecule has 0 saturated carbocycles. The molecular formula is C26H25N3O3S2. The van der Waals surface area contributed by atoms with Crippen molar-refractivity contribution in [2.45, 2.75) is 31.6 Å². The third-order valence-electron chi connectivity index (χ3n) is 5.33. The first kappa shape index (κ1) is 23.7. The fraction of sp³-hybridized carbons (Fsp3) is 0.154. The molecule has 0 unspecified atom stereocenters. The minimum atomic E-state index is -3.70. The van der Waals surface area contributed by atoms with E-state index in [9.17, 15) is 13.2 Å². The molecule has 6 nitrogen and oxygen atoms in total. The molecular weight excluding hydrogens is 466 g/mol. The van der Waals surface area contributed by atoms with Gasteiger partial charge in [-0.2, -0.15) is 0 Å². The SMILES string of the molecule is Cc1ccc(S(=O)(=O)Nc2ccc(C(=O)Nc3nc(-c4ccc(C(C)C)cc4)cs3)cc2)cc1. The number of hydrogen-bond donors (Lipinski definition) is 2. The third-order valence-corrected chi connectivity index (χ3v) is 7.48. The summed E-state index contributed by atoms with van der Waals surface area (Å²) in [7, 11) is -3.70. The highest BCUT2D eigenvalue weighted by atomic mass is 32.2. The maximum atomic E-state index is 12.6. The minimum absolute atomic E-state index is 0.179. The van der Waals surface area contributed by atoms with Crippen molar-refractivity contribution in [3.63, 3.8) is 0 Å². The van der Waals surface area contributed by atoms with Crippen molar-refractivity contribution in [1.82, 2.24) is 4.98 Å². The number of thiazole rings is 1. The van der Waals surface area contributed by atoms with E-state index < -0.39 is 10.0 Å². The maximum absolute atomic E-state index is 12.6. The van der Waals surface area contributed by atoms with Gasteiger partial charge in [-0.05, 0) is 54.8 Å². The third kappa shape index (κ3) is 5.52. The van der Waals surface area contributed by atoms with Crippen LogP contribution in [0.15, 0.2) is 83.1 Å². The van der Waals surface area contributed by atoms with Gasteiger partial charge in [0.25, 0.3) is 15.9 Å². The zero-order valence-electron chi connectivity index (χ0n) is 19.1. The largest absolute Gasteiger partial charge is 0.298 e. The van der Waals surface area contributed by atoms with E-state index in [1.807, 2.05) is 24.4 Å². The fourth-order valence-corrected chi connectivity index (χ4v) is 5.07. The fourth-order valence-electron chi connectivity index (χ4n) is 3.29. The number of nitrogens with one attached hydrogen (secondary N) is 2. The molecule has 34 heavy (non-hydrogen) atoms. The summed E-state index contributed by atoms with van der Waals surface area (Å²) in [6.07, 6.45) is 0. The predicted molar refractivity (Wildman–Crippen MR) is 138 cm³/mol. The lowest BCUT2D eigenvalue weighted by molar-refractivity contribution is 0.102. The van der Waals surface area contributed by atoms with Gasteiger partial charge in [0.1, 0.15) is 0 Å². The van der Waals surface area contributed by atoms with Crippen LogP contribution in [0.1, 0.15) is 41.3 Å². The molecule has 0 fully saturated rings. The molecule has 0 aliphatic rings. The molecule has 4 rings (SSSR count). The molecule has 0 radical (unpaired) electrons. The number of benzene rings is 3. The van der Waals surface area contributed by atoms with E-state index in [1.165, 1.54) is 16.9 Å². The minimum Gasteiger partial charge on any atom is -0.298 e. The molecule has 4 aromatic rings. The highest BCUT2D eigenvalue weighted by molar-refractivity contribution is 7.92. The highest BCUT2D eigenvalue weighted by Crippen LogP contribution is 2.27. The molecule has 0 atom stereocenters. The second-order valence-electron chi connectivity index (χ2n) is 8.26. The Kier molecular flexibility index (Phi) is 6.81. The van der Waals surface area contributed by atoms with Gasteiger partial charge < -0.3 is 0 Å². The molecule has 174 valence electrons. The number of aryl methyl sites for hydroxylation is 1. The zero-order chi connectivity index (χ0) is 24.3. The molecule has 0 spiro atoms. The summed E-state index contributed by atoms with van der Waals surface area (Å²) < 4.78 is 27.6. The second kappa shape index (κ2) is 9.79. The quantitative estimate of drug-likeness (QED) is 0.318.